The van der Waals surface area contributed by atoms with Gasteiger partial charge in [0.2, 0.25) is 0 Å². The molecule has 0 bridgehead atoms. The maximum absolute atomic E-state index is 13.2. The van der Waals surface area contributed by atoms with Gasteiger partial charge in [0.25, 0.3) is 0 Å². The van der Waals surface area contributed by atoms with Crippen molar-refractivity contribution in [2.24, 2.45) is 0 Å². The van der Waals surface area contributed by atoms with Crippen LogP contribution in [0.25, 0.3) is 0 Å². The first-order chi connectivity index (χ1) is 8.88. The number of hydrogen-bond acceptors (Lipinski definition) is 1. The van der Waals surface area contributed by atoms with E-state index in [0.717, 1.165) is 24.3 Å². The average molecular weight is 269 g/mol. The highest BCUT2D eigenvalue weighted by Gasteiger charge is 2.38. The molecule has 100 valence electrons. The molecule has 0 radical (unpaired) electrons. The first-order valence-corrected chi connectivity index (χ1v) is 5.57. The molecule has 0 heterocycles. The Hall–Kier alpha value is -2.04. The van der Waals surface area contributed by atoms with E-state index in [4.69, 9.17) is 0 Å². The maximum Gasteiger partial charge on any atom is 0.489 e. The molecule has 0 amide bonds. The van der Waals surface area contributed by atoms with Gasteiger partial charge in [-0.1, -0.05) is 12.1 Å². The summed E-state index contributed by atoms with van der Waals surface area (Å²) in [4.78, 5) is 0.222. The first-order valence-electron chi connectivity index (χ1n) is 5.57. The molecule has 0 N–H and O–H groups in total. The van der Waals surface area contributed by atoms with Gasteiger partial charge in [0.15, 0.2) is 0 Å². The second kappa shape index (κ2) is 4.91. The van der Waals surface area contributed by atoms with Crippen LogP contribution in [0.3, 0.4) is 0 Å². The largest absolute Gasteiger partial charge is 0.489 e. The molecule has 2 aromatic rings. The first kappa shape index (κ1) is 13.4. The molecule has 0 aliphatic carbocycles. The molecule has 2 rings (SSSR count). The molecular formula is C14H11F4N. The van der Waals surface area contributed by atoms with Gasteiger partial charge in [0, 0.05) is 11.4 Å². The molecule has 0 aliphatic heterocycles. The van der Waals surface area contributed by atoms with Crippen LogP contribution in [0.2, 0.25) is 0 Å². The number of benzene rings is 2. The van der Waals surface area contributed by atoms with Crippen LogP contribution in [0.4, 0.5) is 28.9 Å². The van der Waals surface area contributed by atoms with Gasteiger partial charge in [0.1, 0.15) is 5.82 Å². The van der Waals surface area contributed by atoms with E-state index in [1.807, 2.05) is 0 Å². The minimum atomic E-state index is -4.58. The number of nitrogens with zero attached hydrogens (tertiary/aromatic N) is 1. The van der Waals surface area contributed by atoms with Gasteiger partial charge >= 0.3 is 6.30 Å². The van der Waals surface area contributed by atoms with Gasteiger partial charge in [-0.15, -0.1) is 13.2 Å². The summed E-state index contributed by atoms with van der Waals surface area (Å²) in [6, 6.07) is 10.3. The lowest BCUT2D eigenvalue weighted by Crippen LogP contribution is -2.33. The van der Waals surface area contributed by atoms with Crippen molar-refractivity contribution in [3.63, 3.8) is 0 Å². The SMILES string of the molecule is Cc1cccc(N(c2ccc(F)cc2)C(F)(F)F)c1. The Morgan fingerprint density at radius 2 is 1.53 bits per heavy atom. The zero-order chi connectivity index (χ0) is 14.0. The lowest BCUT2D eigenvalue weighted by Gasteiger charge is -2.27. The van der Waals surface area contributed by atoms with E-state index in [-0.39, 0.29) is 16.3 Å². The highest BCUT2D eigenvalue weighted by atomic mass is 19.4. The predicted molar refractivity (Wildman–Crippen MR) is 65.8 cm³/mol. The summed E-state index contributed by atoms with van der Waals surface area (Å²) < 4.78 is 52.3. The average Bonchev–Trinajstić information content (AvgIpc) is 2.30. The smallest absolute Gasteiger partial charge is 0.253 e. The van der Waals surface area contributed by atoms with Gasteiger partial charge in [0.05, 0.1) is 0 Å². The zero-order valence-electron chi connectivity index (χ0n) is 10.1. The van der Waals surface area contributed by atoms with Gasteiger partial charge in [-0.3, -0.25) is 4.90 Å². The molecule has 0 aliphatic rings. The topological polar surface area (TPSA) is 3.24 Å². The van der Waals surface area contributed by atoms with E-state index in [2.05, 4.69) is 0 Å². The van der Waals surface area contributed by atoms with Crippen LogP contribution in [0.1, 0.15) is 5.56 Å². The monoisotopic (exact) mass is 269 g/mol. The molecular weight excluding hydrogens is 258 g/mol. The lowest BCUT2D eigenvalue weighted by atomic mass is 10.2. The van der Waals surface area contributed by atoms with Gasteiger partial charge < -0.3 is 0 Å². The number of aryl methyl sites for hydroxylation is 1. The maximum atomic E-state index is 13.2. The van der Waals surface area contributed by atoms with Crippen LogP contribution in [-0.4, -0.2) is 6.30 Å². The fourth-order valence-electron chi connectivity index (χ4n) is 1.80. The molecule has 0 spiro atoms. The quantitative estimate of drug-likeness (QED) is 0.559. The highest BCUT2D eigenvalue weighted by molar-refractivity contribution is 5.64. The van der Waals surface area contributed by atoms with Crippen LogP contribution in [0.5, 0.6) is 0 Å². The summed E-state index contributed by atoms with van der Waals surface area (Å²) in [7, 11) is 0. The van der Waals surface area contributed by atoms with Crippen LogP contribution in [-0.2, 0) is 0 Å². The normalized spacial score (nSPS) is 11.4. The molecule has 0 unspecified atom stereocenters. The van der Waals surface area contributed by atoms with E-state index in [9.17, 15) is 17.6 Å². The molecule has 19 heavy (non-hydrogen) atoms. The number of alkyl halides is 3. The van der Waals surface area contributed by atoms with Crippen LogP contribution in [0, 0.1) is 12.7 Å². The molecule has 1 nitrogen and oxygen atoms in total. The molecule has 0 saturated heterocycles. The summed E-state index contributed by atoms with van der Waals surface area (Å²) in [5, 5.41) is 0. The zero-order valence-corrected chi connectivity index (χ0v) is 10.1. The van der Waals surface area contributed by atoms with Gasteiger partial charge in [-0.05, 0) is 48.9 Å². The van der Waals surface area contributed by atoms with Crippen molar-refractivity contribution >= 4 is 11.4 Å². The summed E-state index contributed by atoms with van der Waals surface area (Å²) in [5.74, 6) is -0.574. The number of rotatable bonds is 2. The fourth-order valence-corrected chi connectivity index (χ4v) is 1.80. The summed E-state index contributed by atoms with van der Waals surface area (Å²) in [5.41, 5.74) is 0.590. The van der Waals surface area contributed by atoms with Gasteiger partial charge in [-0.25, -0.2) is 4.39 Å². The van der Waals surface area contributed by atoms with Gasteiger partial charge in [-0.2, -0.15) is 0 Å². The Kier molecular flexibility index (Phi) is 3.46. The fraction of sp³-hybridized carbons (Fsp3) is 0.143. The van der Waals surface area contributed by atoms with Crippen LogP contribution in [0.15, 0.2) is 48.5 Å². The van der Waals surface area contributed by atoms with E-state index in [0.29, 0.717) is 5.56 Å². The Labute approximate surface area is 108 Å². The molecule has 0 aromatic heterocycles. The third-order valence-corrected chi connectivity index (χ3v) is 2.60. The Bertz CT molecular complexity index is 560. The standard InChI is InChI=1S/C14H11F4N/c1-10-3-2-4-13(9-10)19(14(16,17)18)12-7-5-11(15)6-8-12/h2-9H,1H3. The lowest BCUT2D eigenvalue weighted by molar-refractivity contribution is -0.120. The van der Waals surface area contributed by atoms with E-state index < -0.39 is 12.1 Å². The summed E-state index contributed by atoms with van der Waals surface area (Å²) in [6.07, 6.45) is -4.58. The van der Waals surface area contributed by atoms with Crippen molar-refractivity contribution in [1.29, 1.82) is 0 Å². The third kappa shape index (κ3) is 3.05. The molecule has 0 saturated carbocycles. The second-order valence-corrected chi connectivity index (χ2v) is 4.12. The minimum absolute atomic E-state index is 0.000826. The van der Waals surface area contributed by atoms with Crippen molar-refractivity contribution in [2.75, 3.05) is 4.90 Å². The highest BCUT2D eigenvalue weighted by Crippen LogP contribution is 2.36. The molecule has 0 fully saturated rings. The molecule has 5 heteroatoms. The van der Waals surface area contributed by atoms with Crippen molar-refractivity contribution in [2.45, 2.75) is 13.2 Å². The number of hydrogen-bond donors (Lipinski definition) is 0. The Balaban J connectivity index is 2.51. The van der Waals surface area contributed by atoms with Crippen LogP contribution >= 0.6 is 0 Å². The van der Waals surface area contributed by atoms with E-state index >= 15 is 0 Å². The van der Waals surface area contributed by atoms with Crippen LogP contribution < -0.4 is 4.90 Å². The predicted octanol–water partition coefficient (Wildman–Crippen LogP) is 4.79. The Morgan fingerprint density at radius 3 is 2.05 bits per heavy atom. The number of halogens is 4. The number of anilines is 2. The van der Waals surface area contributed by atoms with Crippen molar-refractivity contribution in [3.8, 4) is 0 Å². The van der Waals surface area contributed by atoms with E-state index in [1.165, 1.54) is 12.1 Å². The van der Waals surface area contributed by atoms with Crippen molar-refractivity contribution in [1.82, 2.24) is 0 Å². The Morgan fingerprint density at radius 1 is 0.895 bits per heavy atom. The minimum Gasteiger partial charge on any atom is -0.253 e. The second-order valence-electron chi connectivity index (χ2n) is 4.12. The summed E-state index contributed by atoms with van der Waals surface area (Å²) in [6.45, 7) is 1.71. The van der Waals surface area contributed by atoms with Crippen molar-refractivity contribution in [3.05, 3.63) is 59.9 Å². The van der Waals surface area contributed by atoms with E-state index in [1.54, 1.807) is 19.1 Å². The third-order valence-electron chi connectivity index (χ3n) is 2.60. The molecule has 0 atom stereocenters. The van der Waals surface area contributed by atoms with Crippen molar-refractivity contribution < 1.29 is 17.6 Å². The molecule has 2 aromatic carbocycles. The summed E-state index contributed by atoms with van der Waals surface area (Å²) >= 11 is 0.